The standard InChI is InChI=1S/C18H22N4O3S/c23-15(10-6-1-2-7-11-16(24)22-25)19-18-21-20-17(26-18)13-12-14-8-4-3-5-9-14/h3-5,8-9,12-13,25H,1-2,6-7,10-11H2,(H,22,24)(H,19,21,23)/b13-12+. The minimum atomic E-state index is -0.379. The maximum atomic E-state index is 11.9. The molecule has 0 atom stereocenters. The van der Waals surface area contributed by atoms with E-state index in [9.17, 15) is 9.59 Å². The second-order valence-electron chi connectivity index (χ2n) is 5.69. The van der Waals surface area contributed by atoms with Crippen molar-refractivity contribution < 1.29 is 14.8 Å². The van der Waals surface area contributed by atoms with Crippen molar-refractivity contribution in [3.63, 3.8) is 0 Å². The summed E-state index contributed by atoms with van der Waals surface area (Å²) in [6, 6.07) is 9.88. The molecule has 0 unspecified atom stereocenters. The number of unbranched alkanes of at least 4 members (excludes halogenated alkanes) is 3. The van der Waals surface area contributed by atoms with Crippen LogP contribution in [-0.4, -0.2) is 27.2 Å². The molecule has 2 rings (SSSR count). The summed E-state index contributed by atoms with van der Waals surface area (Å²) in [5.74, 6) is -0.469. The van der Waals surface area contributed by atoms with Crippen LogP contribution in [0.15, 0.2) is 30.3 Å². The molecular formula is C18H22N4O3S. The Morgan fingerprint density at radius 2 is 1.65 bits per heavy atom. The first kappa shape index (κ1) is 19.7. The maximum absolute atomic E-state index is 11.9. The molecule has 0 bridgehead atoms. The molecule has 0 aliphatic rings. The molecule has 0 fully saturated rings. The summed E-state index contributed by atoms with van der Waals surface area (Å²) in [5.41, 5.74) is 2.68. The van der Waals surface area contributed by atoms with Crippen LogP contribution in [0.2, 0.25) is 0 Å². The third-order valence-electron chi connectivity index (χ3n) is 3.59. The predicted octanol–water partition coefficient (Wildman–Crippen LogP) is 3.49. The average Bonchev–Trinajstić information content (AvgIpc) is 3.10. The van der Waals surface area contributed by atoms with Gasteiger partial charge in [-0.15, -0.1) is 10.2 Å². The van der Waals surface area contributed by atoms with Gasteiger partial charge in [-0.25, -0.2) is 5.48 Å². The van der Waals surface area contributed by atoms with Crippen molar-refractivity contribution in [1.29, 1.82) is 0 Å². The van der Waals surface area contributed by atoms with Gasteiger partial charge in [0.15, 0.2) is 0 Å². The Kier molecular flexibility index (Phi) is 8.44. The highest BCUT2D eigenvalue weighted by Crippen LogP contribution is 2.18. The van der Waals surface area contributed by atoms with Crippen molar-refractivity contribution in [2.75, 3.05) is 5.32 Å². The minimum absolute atomic E-state index is 0.0900. The zero-order valence-corrected chi connectivity index (χ0v) is 15.2. The first-order valence-electron chi connectivity index (χ1n) is 8.47. The zero-order chi connectivity index (χ0) is 18.6. The van der Waals surface area contributed by atoms with Gasteiger partial charge in [-0.05, 0) is 24.5 Å². The third kappa shape index (κ3) is 7.54. The number of hydroxylamine groups is 1. The predicted molar refractivity (Wildman–Crippen MR) is 102 cm³/mol. The molecule has 1 aromatic carbocycles. The van der Waals surface area contributed by atoms with Crippen LogP contribution in [0.4, 0.5) is 5.13 Å². The summed E-state index contributed by atoms with van der Waals surface area (Å²) in [5, 5.41) is 20.4. The molecule has 2 aromatic rings. The Labute approximate surface area is 156 Å². The van der Waals surface area contributed by atoms with Crippen molar-refractivity contribution in [3.05, 3.63) is 40.9 Å². The maximum Gasteiger partial charge on any atom is 0.243 e. The molecule has 3 N–H and O–H groups in total. The van der Waals surface area contributed by atoms with E-state index in [2.05, 4.69) is 15.5 Å². The van der Waals surface area contributed by atoms with Gasteiger partial charge in [0, 0.05) is 12.8 Å². The van der Waals surface area contributed by atoms with Crippen molar-refractivity contribution >= 4 is 40.4 Å². The van der Waals surface area contributed by atoms with Crippen LogP contribution in [0.1, 0.15) is 49.1 Å². The number of rotatable bonds is 10. The molecule has 0 saturated carbocycles. The zero-order valence-electron chi connectivity index (χ0n) is 14.4. The summed E-state index contributed by atoms with van der Waals surface area (Å²) in [7, 11) is 0. The van der Waals surface area contributed by atoms with Crippen LogP contribution < -0.4 is 10.8 Å². The number of nitrogens with zero attached hydrogens (tertiary/aromatic N) is 2. The lowest BCUT2D eigenvalue weighted by Gasteiger charge is -2.01. The van der Waals surface area contributed by atoms with E-state index in [1.54, 1.807) is 5.48 Å². The number of amides is 2. The molecule has 1 heterocycles. The normalized spacial score (nSPS) is 10.8. The molecule has 0 saturated heterocycles. The van der Waals surface area contributed by atoms with Crippen LogP contribution in [0, 0.1) is 0 Å². The Balaban J connectivity index is 1.66. The number of carbonyl (C=O) groups is 2. The molecule has 0 radical (unpaired) electrons. The third-order valence-corrected chi connectivity index (χ3v) is 4.39. The highest BCUT2D eigenvalue weighted by Gasteiger charge is 2.07. The van der Waals surface area contributed by atoms with Crippen molar-refractivity contribution in [1.82, 2.24) is 15.7 Å². The molecule has 0 spiro atoms. The first-order chi connectivity index (χ1) is 12.7. The SMILES string of the molecule is O=C(CCCCCCC(=O)Nc1nnc(/C=C/c2ccccc2)s1)NO. The number of aromatic nitrogens is 2. The van der Waals surface area contributed by atoms with Crippen LogP contribution in [0.5, 0.6) is 0 Å². The Bertz CT molecular complexity index is 731. The highest BCUT2D eigenvalue weighted by molar-refractivity contribution is 7.16. The van der Waals surface area contributed by atoms with E-state index in [0.29, 0.717) is 24.4 Å². The molecule has 0 aliphatic carbocycles. The van der Waals surface area contributed by atoms with Gasteiger partial charge in [-0.1, -0.05) is 60.6 Å². The number of benzene rings is 1. The topological polar surface area (TPSA) is 104 Å². The Morgan fingerprint density at radius 1 is 0.962 bits per heavy atom. The lowest BCUT2D eigenvalue weighted by atomic mass is 10.1. The lowest BCUT2D eigenvalue weighted by Crippen LogP contribution is -2.17. The lowest BCUT2D eigenvalue weighted by molar-refractivity contribution is -0.129. The van der Waals surface area contributed by atoms with Crippen LogP contribution >= 0.6 is 11.3 Å². The second kappa shape index (κ2) is 11.1. The number of nitrogens with one attached hydrogen (secondary N) is 2. The number of hydrogen-bond donors (Lipinski definition) is 3. The van der Waals surface area contributed by atoms with E-state index < -0.39 is 0 Å². The van der Waals surface area contributed by atoms with Crippen LogP contribution in [-0.2, 0) is 9.59 Å². The smallest absolute Gasteiger partial charge is 0.243 e. The largest absolute Gasteiger partial charge is 0.301 e. The number of anilines is 1. The summed E-state index contributed by atoms with van der Waals surface area (Å²) in [4.78, 5) is 22.7. The number of hydrogen-bond acceptors (Lipinski definition) is 6. The van der Waals surface area contributed by atoms with E-state index in [-0.39, 0.29) is 11.8 Å². The van der Waals surface area contributed by atoms with Gasteiger partial charge in [0.25, 0.3) is 0 Å². The van der Waals surface area contributed by atoms with Crippen LogP contribution in [0.25, 0.3) is 12.2 Å². The fourth-order valence-electron chi connectivity index (χ4n) is 2.25. The average molecular weight is 374 g/mol. The number of carbonyl (C=O) groups excluding carboxylic acids is 2. The van der Waals surface area contributed by atoms with Crippen molar-refractivity contribution in [2.24, 2.45) is 0 Å². The second-order valence-corrected chi connectivity index (χ2v) is 6.70. The molecular weight excluding hydrogens is 352 g/mol. The van der Waals surface area contributed by atoms with Gasteiger partial charge in [-0.3, -0.25) is 14.8 Å². The Morgan fingerprint density at radius 3 is 2.35 bits per heavy atom. The summed E-state index contributed by atoms with van der Waals surface area (Å²) < 4.78 is 0. The monoisotopic (exact) mass is 374 g/mol. The van der Waals surface area contributed by atoms with E-state index in [0.717, 1.165) is 29.8 Å². The van der Waals surface area contributed by atoms with E-state index >= 15 is 0 Å². The molecule has 7 nitrogen and oxygen atoms in total. The quantitative estimate of drug-likeness (QED) is 0.335. The van der Waals surface area contributed by atoms with E-state index in [1.165, 1.54) is 11.3 Å². The van der Waals surface area contributed by atoms with Gasteiger partial charge in [0.1, 0.15) is 5.01 Å². The van der Waals surface area contributed by atoms with Gasteiger partial charge < -0.3 is 5.32 Å². The first-order valence-corrected chi connectivity index (χ1v) is 9.28. The minimum Gasteiger partial charge on any atom is -0.301 e. The van der Waals surface area contributed by atoms with Crippen molar-refractivity contribution in [2.45, 2.75) is 38.5 Å². The highest BCUT2D eigenvalue weighted by atomic mass is 32.1. The van der Waals surface area contributed by atoms with E-state index in [1.807, 2.05) is 42.5 Å². The van der Waals surface area contributed by atoms with Gasteiger partial charge in [-0.2, -0.15) is 0 Å². The molecule has 2 amide bonds. The van der Waals surface area contributed by atoms with Gasteiger partial charge >= 0.3 is 0 Å². The fourth-order valence-corrected chi connectivity index (χ4v) is 2.91. The van der Waals surface area contributed by atoms with Gasteiger partial charge in [0.2, 0.25) is 16.9 Å². The van der Waals surface area contributed by atoms with Crippen molar-refractivity contribution in [3.8, 4) is 0 Å². The van der Waals surface area contributed by atoms with Crippen LogP contribution in [0.3, 0.4) is 0 Å². The summed E-state index contributed by atoms with van der Waals surface area (Å²) in [6.45, 7) is 0. The molecule has 1 aromatic heterocycles. The fraction of sp³-hybridized carbons (Fsp3) is 0.333. The van der Waals surface area contributed by atoms with E-state index in [4.69, 9.17) is 5.21 Å². The Hall–Kier alpha value is -2.58. The molecule has 8 heteroatoms. The van der Waals surface area contributed by atoms with Gasteiger partial charge in [0.05, 0.1) is 0 Å². The summed E-state index contributed by atoms with van der Waals surface area (Å²) in [6.07, 6.45) is 7.65. The molecule has 26 heavy (non-hydrogen) atoms. The summed E-state index contributed by atoms with van der Waals surface area (Å²) >= 11 is 1.32. The molecule has 0 aliphatic heterocycles. The molecule has 138 valence electrons.